The monoisotopic (exact) mass is 323 g/mol. The molecule has 0 radical (unpaired) electrons. The predicted octanol–water partition coefficient (Wildman–Crippen LogP) is -0.908. The molecule has 2 heterocycles. The highest BCUT2D eigenvalue weighted by molar-refractivity contribution is 7.92. The van der Waals surface area contributed by atoms with Gasteiger partial charge in [-0.3, -0.25) is 14.5 Å². The Hall–Kier alpha value is -1.61. The number of rotatable bonds is 3. The van der Waals surface area contributed by atoms with Crippen molar-refractivity contribution >= 4 is 39.3 Å². The van der Waals surface area contributed by atoms with Gasteiger partial charge in [0.1, 0.15) is 17.7 Å². The molecule has 8 nitrogen and oxygen atoms in total. The lowest BCUT2D eigenvalue weighted by molar-refractivity contribution is -0.146. The molecule has 0 bridgehead atoms. The maximum atomic E-state index is 12.0. The van der Waals surface area contributed by atoms with Crippen molar-refractivity contribution in [3.63, 3.8) is 0 Å². The number of β-lactam (4-membered cyclic amide) rings is 1. The zero-order chi connectivity index (χ0) is 15.2. The van der Waals surface area contributed by atoms with Crippen LogP contribution in [0.4, 0.5) is 0 Å². The summed E-state index contributed by atoms with van der Waals surface area (Å²) in [6, 6.07) is 0. The van der Waals surface area contributed by atoms with Gasteiger partial charge in [-0.25, -0.2) is 13.2 Å². The molecule has 0 saturated carbocycles. The van der Waals surface area contributed by atoms with E-state index in [1.165, 1.54) is 0 Å². The molecule has 2 atom stereocenters. The molecule has 1 N–H and O–H groups in total. The minimum absolute atomic E-state index is 0.152. The summed E-state index contributed by atoms with van der Waals surface area (Å²) in [5.74, 6) is -3.56. The third-order valence-corrected chi connectivity index (χ3v) is 5.49. The molecule has 20 heavy (non-hydrogen) atoms. The molecule has 2 aliphatic rings. The Balaban J connectivity index is 2.47. The summed E-state index contributed by atoms with van der Waals surface area (Å²) < 4.78 is 28.6. The van der Waals surface area contributed by atoms with Crippen molar-refractivity contribution in [3.05, 3.63) is 11.3 Å². The zero-order valence-corrected chi connectivity index (χ0v) is 11.8. The van der Waals surface area contributed by atoms with E-state index in [1.807, 2.05) is 0 Å². The standard InChI is InChI=1S/C10H10ClNO7S/c1-4(13)19-2-5-3-20(17,18)9-6(11)8(14)12(9)7(5)10(15)16/h6,9H,2-3H2,1H3,(H,15,16)/t6-,9?/m0/s1. The van der Waals surface area contributed by atoms with E-state index < -0.39 is 56.5 Å². The van der Waals surface area contributed by atoms with Crippen LogP contribution in [0.3, 0.4) is 0 Å². The fourth-order valence-electron chi connectivity index (χ4n) is 2.13. The van der Waals surface area contributed by atoms with Crippen LogP contribution in [0.2, 0.25) is 0 Å². The molecule has 1 amide bonds. The number of aliphatic carboxylic acids is 1. The second-order valence-corrected chi connectivity index (χ2v) is 6.91. The Morgan fingerprint density at radius 2 is 2.10 bits per heavy atom. The lowest BCUT2D eigenvalue weighted by Gasteiger charge is -2.46. The van der Waals surface area contributed by atoms with Gasteiger partial charge in [-0.05, 0) is 0 Å². The second kappa shape index (κ2) is 4.74. The SMILES string of the molecule is CC(=O)OCC1=C(C(=O)O)N2C(=O)[C@H](Cl)C2S(=O)(=O)C1. The minimum atomic E-state index is -3.81. The van der Waals surface area contributed by atoms with Crippen LogP contribution in [0.25, 0.3) is 0 Å². The number of carboxylic acids is 1. The van der Waals surface area contributed by atoms with Gasteiger partial charge in [0.2, 0.25) is 5.91 Å². The van der Waals surface area contributed by atoms with Crippen molar-refractivity contribution in [1.29, 1.82) is 0 Å². The Morgan fingerprint density at radius 3 is 2.60 bits per heavy atom. The van der Waals surface area contributed by atoms with Crippen molar-refractivity contribution < 1.29 is 32.6 Å². The molecule has 0 aromatic carbocycles. The first-order valence-corrected chi connectivity index (χ1v) is 7.59. The van der Waals surface area contributed by atoms with Gasteiger partial charge < -0.3 is 9.84 Å². The molecule has 0 spiro atoms. The maximum Gasteiger partial charge on any atom is 0.352 e. The smallest absolute Gasteiger partial charge is 0.352 e. The quantitative estimate of drug-likeness (QED) is 0.406. The fourth-order valence-corrected chi connectivity index (χ4v) is 4.70. The summed E-state index contributed by atoms with van der Waals surface area (Å²) >= 11 is 5.63. The van der Waals surface area contributed by atoms with Crippen molar-refractivity contribution in [2.45, 2.75) is 17.7 Å². The Kier molecular flexibility index (Phi) is 3.51. The first-order valence-electron chi connectivity index (χ1n) is 5.44. The van der Waals surface area contributed by atoms with Gasteiger partial charge >= 0.3 is 11.9 Å². The van der Waals surface area contributed by atoms with Gasteiger partial charge in [0.15, 0.2) is 15.2 Å². The molecule has 110 valence electrons. The molecule has 1 unspecified atom stereocenters. The number of hydrogen-bond acceptors (Lipinski definition) is 6. The van der Waals surface area contributed by atoms with Crippen LogP contribution < -0.4 is 0 Å². The number of esters is 1. The number of halogens is 1. The second-order valence-electron chi connectivity index (χ2n) is 4.35. The first kappa shape index (κ1) is 14.8. The normalized spacial score (nSPS) is 27.7. The number of carbonyl (C=O) groups is 3. The Morgan fingerprint density at radius 1 is 1.50 bits per heavy atom. The average Bonchev–Trinajstić information content (AvgIpc) is 2.32. The van der Waals surface area contributed by atoms with Crippen LogP contribution >= 0.6 is 11.6 Å². The Labute approximate surface area is 118 Å². The molecule has 10 heteroatoms. The maximum absolute atomic E-state index is 12.0. The van der Waals surface area contributed by atoms with Crippen molar-refractivity contribution in [3.8, 4) is 0 Å². The van der Waals surface area contributed by atoms with E-state index in [0.29, 0.717) is 4.90 Å². The van der Waals surface area contributed by atoms with Gasteiger partial charge in [-0.15, -0.1) is 11.6 Å². The molecule has 1 fully saturated rings. The van der Waals surface area contributed by atoms with Gasteiger partial charge in [-0.1, -0.05) is 0 Å². The number of amides is 1. The molecule has 2 aliphatic heterocycles. The summed E-state index contributed by atoms with van der Waals surface area (Å²) in [4.78, 5) is 34.2. The number of sulfone groups is 1. The number of carboxylic acid groups (broad SMARTS) is 1. The van der Waals surface area contributed by atoms with E-state index in [9.17, 15) is 22.8 Å². The molecule has 0 aliphatic carbocycles. The summed E-state index contributed by atoms with van der Waals surface area (Å²) in [7, 11) is -3.81. The number of alkyl halides is 1. The number of fused-ring (bicyclic) bond motifs is 1. The summed E-state index contributed by atoms with van der Waals surface area (Å²) in [5, 5.41) is 6.48. The van der Waals surface area contributed by atoms with Gasteiger partial charge in [0.05, 0.1) is 5.75 Å². The summed E-state index contributed by atoms with van der Waals surface area (Å²) in [5.41, 5.74) is -0.631. The minimum Gasteiger partial charge on any atom is -0.477 e. The van der Waals surface area contributed by atoms with E-state index in [2.05, 4.69) is 4.74 Å². The van der Waals surface area contributed by atoms with E-state index in [1.54, 1.807) is 0 Å². The van der Waals surface area contributed by atoms with Crippen LogP contribution in [0.5, 0.6) is 0 Å². The molecule has 0 aromatic rings. The lowest BCUT2D eigenvalue weighted by Crippen LogP contribution is -2.68. The van der Waals surface area contributed by atoms with Crippen LogP contribution in [0, 0.1) is 0 Å². The highest BCUT2D eigenvalue weighted by Crippen LogP contribution is 2.39. The van der Waals surface area contributed by atoms with Crippen LogP contribution in [0.15, 0.2) is 11.3 Å². The predicted molar refractivity (Wildman–Crippen MR) is 65.4 cm³/mol. The number of ether oxygens (including phenoxy) is 1. The average molecular weight is 324 g/mol. The zero-order valence-electron chi connectivity index (χ0n) is 10.2. The number of carbonyl (C=O) groups excluding carboxylic acids is 2. The largest absolute Gasteiger partial charge is 0.477 e. The van der Waals surface area contributed by atoms with E-state index >= 15 is 0 Å². The Bertz CT molecular complexity index is 638. The number of nitrogens with zero attached hydrogens (tertiary/aromatic N) is 1. The van der Waals surface area contributed by atoms with Crippen LogP contribution in [-0.2, 0) is 29.0 Å². The van der Waals surface area contributed by atoms with Gasteiger partial charge in [0.25, 0.3) is 0 Å². The van der Waals surface area contributed by atoms with Crippen LogP contribution in [-0.4, -0.2) is 59.4 Å². The highest BCUT2D eigenvalue weighted by atomic mass is 35.5. The van der Waals surface area contributed by atoms with E-state index in [0.717, 1.165) is 6.92 Å². The molecular weight excluding hydrogens is 314 g/mol. The molecule has 1 saturated heterocycles. The topological polar surface area (TPSA) is 118 Å². The number of hydrogen-bond donors (Lipinski definition) is 1. The third-order valence-electron chi connectivity index (χ3n) is 2.95. The van der Waals surface area contributed by atoms with Crippen molar-refractivity contribution in [1.82, 2.24) is 4.90 Å². The van der Waals surface area contributed by atoms with Gasteiger partial charge in [-0.2, -0.15) is 0 Å². The molecular formula is C10H10ClNO7S. The molecule has 2 rings (SSSR count). The van der Waals surface area contributed by atoms with Crippen molar-refractivity contribution in [2.75, 3.05) is 12.4 Å². The molecule has 0 aromatic heterocycles. The third kappa shape index (κ3) is 2.16. The van der Waals surface area contributed by atoms with Crippen LogP contribution in [0.1, 0.15) is 6.92 Å². The summed E-state index contributed by atoms with van der Waals surface area (Å²) in [6.45, 7) is 0.602. The summed E-state index contributed by atoms with van der Waals surface area (Å²) in [6.07, 6.45) is 0. The highest BCUT2D eigenvalue weighted by Gasteiger charge is 2.59. The van der Waals surface area contributed by atoms with E-state index in [-0.39, 0.29) is 5.57 Å². The lowest BCUT2D eigenvalue weighted by atomic mass is 10.1. The van der Waals surface area contributed by atoms with Gasteiger partial charge in [0, 0.05) is 12.5 Å². The first-order chi connectivity index (χ1) is 9.16. The van der Waals surface area contributed by atoms with Crippen molar-refractivity contribution in [2.24, 2.45) is 0 Å². The van der Waals surface area contributed by atoms with E-state index in [4.69, 9.17) is 16.7 Å². The fraction of sp³-hybridized carbons (Fsp3) is 0.500.